The third-order valence-electron chi connectivity index (χ3n) is 2.81. The number of anilines is 1. The number of ether oxygens (including phenoxy) is 1. The number of carbonyl (C=O) groups is 1. The van der Waals surface area contributed by atoms with Gasteiger partial charge in [-0.2, -0.15) is 0 Å². The molecule has 110 valence electrons. The number of alkyl halides is 2. The monoisotopic (exact) mass is 337 g/mol. The first-order chi connectivity index (χ1) is 9.19. The van der Waals surface area contributed by atoms with E-state index in [-0.39, 0.29) is 23.8 Å². The van der Waals surface area contributed by atoms with E-state index in [0.29, 0.717) is 6.42 Å². The van der Waals surface area contributed by atoms with Crippen molar-refractivity contribution in [2.45, 2.75) is 10.8 Å². The average molecular weight is 338 g/mol. The van der Waals surface area contributed by atoms with Crippen molar-refractivity contribution in [3.8, 4) is 0 Å². The number of nitrogens with one attached hydrogen (secondary N) is 1. The van der Waals surface area contributed by atoms with Crippen molar-refractivity contribution >= 4 is 44.9 Å². The van der Waals surface area contributed by atoms with Crippen molar-refractivity contribution in [3.05, 3.63) is 29.8 Å². The molecule has 1 saturated carbocycles. The molecule has 20 heavy (non-hydrogen) atoms. The predicted molar refractivity (Wildman–Crippen MR) is 77.7 cm³/mol. The Bertz CT molecular complexity index is 630. The highest BCUT2D eigenvalue weighted by atomic mass is 35.5. The minimum atomic E-state index is -3.47. The fraction of sp³-hybridized carbons (Fsp3) is 0.417. The van der Waals surface area contributed by atoms with Gasteiger partial charge >= 0.3 is 5.97 Å². The van der Waals surface area contributed by atoms with E-state index in [1.54, 1.807) is 12.1 Å². The van der Waals surface area contributed by atoms with E-state index < -0.39 is 20.3 Å². The minimum Gasteiger partial charge on any atom is -0.462 e. The molecule has 0 aliphatic heterocycles. The summed E-state index contributed by atoms with van der Waals surface area (Å²) in [5.41, 5.74) is 0.326. The highest BCUT2D eigenvalue weighted by Gasteiger charge is 2.52. The van der Waals surface area contributed by atoms with Crippen molar-refractivity contribution in [1.29, 1.82) is 0 Å². The van der Waals surface area contributed by atoms with Crippen LogP contribution in [-0.4, -0.2) is 31.6 Å². The first-order valence-electron chi connectivity index (χ1n) is 5.81. The minimum absolute atomic E-state index is 0.0789. The van der Waals surface area contributed by atoms with E-state index in [1.807, 2.05) is 0 Å². The second kappa shape index (κ2) is 5.42. The molecular formula is C12H13Cl2NO4S. The summed E-state index contributed by atoms with van der Waals surface area (Å²) < 4.78 is 29.0. The molecule has 0 radical (unpaired) electrons. The Morgan fingerprint density at radius 3 is 2.60 bits per heavy atom. The Morgan fingerprint density at radius 1 is 1.45 bits per heavy atom. The van der Waals surface area contributed by atoms with Crippen LogP contribution in [0.5, 0.6) is 0 Å². The molecule has 8 heteroatoms. The second-order valence-electron chi connectivity index (χ2n) is 4.68. The maximum Gasteiger partial charge on any atom is 0.340 e. The zero-order chi connectivity index (χ0) is 15.0. The molecule has 0 bridgehead atoms. The van der Waals surface area contributed by atoms with Crippen molar-refractivity contribution in [2.24, 2.45) is 5.92 Å². The van der Waals surface area contributed by atoms with Crippen LogP contribution in [0.1, 0.15) is 16.8 Å². The lowest BCUT2D eigenvalue weighted by Crippen LogP contribution is -2.15. The Hall–Kier alpha value is -0.980. The van der Waals surface area contributed by atoms with Crippen molar-refractivity contribution in [2.75, 3.05) is 17.6 Å². The van der Waals surface area contributed by atoms with Gasteiger partial charge in [0.1, 0.15) is 4.33 Å². The van der Waals surface area contributed by atoms with Crippen LogP contribution in [0.3, 0.4) is 0 Å². The largest absolute Gasteiger partial charge is 0.462 e. The summed E-state index contributed by atoms with van der Waals surface area (Å²) in [5.74, 6) is -0.697. The molecule has 0 aromatic heterocycles. The maximum atomic E-state index is 12.0. The molecular weight excluding hydrogens is 325 g/mol. The fourth-order valence-electron chi connectivity index (χ4n) is 1.65. The maximum absolute atomic E-state index is 12.0. The van der Waals surface area contributed by atoms with Gasteiger partial charge in [0.05, 0.1) is 24.1 Å². The standard InChI is InChI=1S/C12H13Cl2NO4S/c1-20(17,18)15-10-5-3-2-4-9(10)11(16)19-7-8-6-12(8,13)14/h2-5,8,15H,6-7H2,1H3. The number of hydrogen-bond acceptors (Lipinski definition) is 4. The van der Waals surface area contributed by atoms with Crippen LogP contribution in [0.25, 0.3) is 0 Å². The van der Waals surface area contributed by atoms with Gasteiger partial charge in [0.25, 0.3) is 0 Å². The summed E-state index contributed by atoms with van der Waals surface area (Å²) in [7, 11) is -3.47. The van der Waals surface area contributed by atoms with Crippen LogP contribution in [0.2, 0.25) is 0 Å². The number of halogens is 2. The molecule has 1 aliphatic rings. The Balaban J connectivity index is 2.06. The second-order valence-corrected chi connectivity index (χ2v) is 7.97. The Kier molecular flexibility index (Phi) is 4.18. The van der Waals surface area contributed by atoms with Gasteiger partial charge in [-0.1, -0.05) is 12.1 Å². The van der Waals surface area contributed by atoms with Crippen LogP contribution >= 0.6 is 23.2 Å². The lowest BCUT2D eigenvalue weighted by molar-refractivity contribution is 0.0486. The number of esters is 1. The van der Waals surface area contributed by atoms with Gasteiger partial charge in [0.2, 0.25) is 10.0 Å². The normalized spacial score (nSPS) is 20.2. The summed E-state index contributed by atoms with van der Waals surface area (Å²) in [6.07, 6.45) is 1.58. The van der Waals surface area contributed by atoms with Crippen molar-refractivity contribution in [3.63, 3.8) is 0 Å². The number of hydrogen-bond donors (Lipinski definition) is 1. The molecule has 0 spiro atoms. The molecule has 2 rings (SSSR count). The molecule has 1 aromatic carbocycles. The van der Waals surface area contributed by atoms with Gasteiger partial charge in [-0.15, -0.1) is 23.2 Å². The summed E-state index contributed by atoms with van der Waals surface area (Å²) in [6, 6.07) is 6.21. The molecule has 1 aliphatic carbocycles. The third-order valence-corrected chi connectivity index (χ3v) is 4.33. The fourth-order valence-corrected chi connectivity index (χ4v) is 2.73. The molecule has 5 nitrogen and oxygen atoms in total. The van der Waals surface area contributed by atoms with Crippen LogP contribution < -0.4 is 4.72 Å². The Labute approximate surface area is 127 Å². The van der Waals surface area contributed by atoms with Gasteiger partial charge in [-0.05, 0) is 18.6 Å². The van der Waals surface area contributed by atoms with E-state index in [9.17, 15) is 13.2 Å². The number of rotatable bonds is 5. The molecule has 1 unspecified atom stereocenters. The van der Waals surface area contributed by atoms with Gasteiger partial charge in [0, 0.05) is 5.92 Å². The van der Waals surface area contributed by atoms with E-state index in [0.717, 1.165) is 6.26 Å². The Morgan fingerprint density at radius 2 is 2.05 bits per heavy atom. The lowest BCUT2D eigenvalue weighted by atomic mass is 10.2. The molecule has 0 heterocycles. The van der Waals surface area contributed by atoms with Gasteiger partial charge in [-0.25, -0.2) is 13.2 Å². The average Bonchev–Trinajstić information content (AvgIpc) is 2.93. The van der Waals surface area contributed by atoms with Crippen molar-refractivity contribution in [1.82, 2.24) is 0 Å². The molecule has 1 N–H and O–H groups in total. The first kappa shape index (κ1) is 15.4. The summed E-state index contributed by atoms with van der Waals surface area (Å²) in [4.78, 5) is 12.0. The molecule has 0 saturated heterocycles. The van der Waals surface area contributed by atoms with Crippen LogP contribution in [0.15, 0.2) is 24.3 Å². The van der Waals surface area contributed by atoms with Gasteiger partial charge < -0.3 is 4.74 Å². The van der Waals surface area contributed by atoms with Crippen molar-refractivity contribution < 1.29 is 17.9 Å². The summed E-state index contributed by atoms with van der Waals surface area (Å²) in [6.45, 7) is 0.110. The number of benzene rings is 1. The van der Waals surface area contributed by atoms with Crippen LogP contribution in [-0.2, 0) is 14.8 Å². The van der Waals surface area contributed by atoms with Crippen LogP contribution in [0, 0.1) is 5.92 Å². The van der Waals surface area contributed by atoms with Gasteiger partial charge in [-0.3, -0.25) is 4.72 Å². The van der Waals surface area contributed by atoms with Gasteiger partial charge in [0.15, 0.2) is 0 Å². The van der Waals surface area contributed by atoms with Crippen LogP contribution in [0.4, 0.5) is 5.69 Å². The number of sulfonamides is 1. The zero-order valence-electron chi connectivity index (χ0n) is 10.6. The van der Waals surface area contributed by atoms with E-state index in [2.05, 4.69) is 4.72 Å². The lowest BCUT2D eigenvalue weighted by Gasteiger charge is -2.10. The molecule has 1 aromatic rings. The third kappa shape index (κ3) is 4.01. The highest BCUT2D eigenvalue weighted by Crippen LogP contribution is 2.53. The van der Waals surface area contributed by atoms with E-state index >= 15 is 0 Å². The highest BCUT2D eigenvalue weighted by molar-refractivity contribution is 7.92. The van der Waals surface area contributed by atoms with E-state index in [1.165, 1.54) is 12.1 Å². The predicted octanol–water partition coefficient (Wildman–Crippen LogP) is 2.41. The first-order valence-corrected chi connectivity index (χ1v) is 8.45. The summed E-state index contributed by atoms with van der Waals surface area (Å²) >= 11 is 11.7. The quantitative estimate of drug-likeness (QED) is 0.661. The zero-order valence-corrected chi connectivity index (χ0v) is 12.9. The summed E-state index contributed by atoms with van der Waals surface area (Å²) in [5, 5.41) is 0. The topological polar surface area (TPSA) is 72.5 Å². The smallest absolute Gasteiger partial charge is 0.340 e. The molecule has 1 fully saturated rings. The number of carbonyl (C=O) groups excluding carboxylic acids is 1. The van der Waals surface area contributed by atoms with E-state index in [4.69, 9.17) is 27.9 Å². The SMILES string of the molecule is CS(=O)(=O)Nc1ccccc1C(=O)OCC1CC1(Cl)Cl. The molecule has 1 atom stereocenters. The molecule has 0 amide bonds. The number of para-hydroxylation sites is 1.